The van der Waals surface area contributed by atoms with Crippen LogP contribution in [0.5, 0.6) is 5.88 Å². The van der Waals surface area contributed by atoms with Crippen molar-refractivity contribution in [1.29, 1.82) is 0 Å². The van der Waals surface area contributed by atoms with Gasteiger partial charge in [0, 0.05) is 17.8 Å². The van der Waals surface area contributed by atoms with E-state index in [4.69, 9.17) is 10.5 Å². The first-order valence-electron chi connectivity index (χ1n) is 8.27. The van der Waals surface area contributed by atoms with Gasteiger partial charge in [-0.1, -0.05) is 0 Å². The Kier molecular flexibility index (Phi) is 4.66. The van der Waals surface area contributed by atoms with Crippen LogP contribution in [0.1, 0.15) is 0 Å². The number of aromatic nitrogens is 5. The SMILES string of the molecule is COc1ncc(-c2cnc3ncc(N)n3n2)cc1NS(=O)(=O)c1ccc(F)cc1F. The standard InChI is InChI=1S/C17H13F2N7O3S/c1-29-16-12(25-30(27,28)14-3-2-10(18)5-11(14)19)4-9(6-21-16)13-7-22-17-23-8-15(20)26(17)24-13/h2-8,25H,20H2,1H3. The molecule has 0 fully saturated rings. The maximum Gasteiger partial charge on any atom is 0.264 e. The Morgan fingerprint density at radius 1 is 1.10 bits per heavy atom. The van der Waals surface area contributed by atoms with Gasteiger partial charge in [-0.3, -0.25) is 4.72 Å². The smallest absolute Gasteiger partial charge is 0.264 e. The number of fused-ring (bicyclic) bond motifs is 1. The first kappa shape index (κ1) is 19.4. The average molecular weight is 433 g/mol. The summed E-state index contributed by atoms with van der Waals surface area (Å²) in [5.74, 6) is -1.67. The van der Waals surface area contributed by atoms with E-state index in [0.29, 0.717) is 17.3 Å². The highest BCUT2D eigenvalue weighted by atomic mass is 32.2. The van der Waals surface area contributed by atoms with Gasteiger partial charge in [-0.05, 0) is 18.2 Å². The lowest BCUT2D eigenvalue weighted by molar-refractivity contribution is 0.400. The minimum atomic E-state index is -4.41. The van der Waals surface area contributed by atoms with Gasteiger partial charge in [-0.2, -0.15) is 9.61 Å². The van der Waals surface area contributed by atoms with E-state index >= 15 is 0 Å². The number of benzene rings is 1. The Labute approximate surface area is 168 Å². The molecule has 3 aromatic heterocycles. The van der Waals surface area contributed by atoms with E-state index in [9.17, 15) is 17.2 Å². The van der Waals surface area contributed by atoms with Crippen molar-refractivity contribution in [3.05, 3.63) is 54.5 Å². The maximum absolute atomic E-state index is 14.0. The fourth-order valence-corrected chi connectivity index (χ4v) is 3.75. The van der Waals surface area contributed by atoms with E-state index in [1.807, 2.05) is 0 Å². The second-order valence-corrected chi connectivity index (χ2v) is 7.65. The summed E-state index contributed by atoms with van der Waals surface area (Å²) in [7, 11) is -3.12. The highest BCUT2D eigenvalue weighted by molar-refractivity contribution is 7.92. The highest BCUT2D eigenvalue weighted by Crippen LogP contribution is 2.30. The van der Waals surface area contributed by atoms with Crippen LogP contribution in [0.2, 0.25) is 0 Å². The van der Waals surface area contributed by atoms with Crippen molar-refractivity contribution in [2.75, 3.05) is 17.6 Å². The number of rotatable bonds is 5. The highest BCUT2D eigenvalue weighted by Gasteiger charge is 2.22. The number of imidazole rings is 1. The van der Waals surface area contributed by atoms with Crippen molar-refractivity contribution in [2.24, 2.45) is 0 Å². The second kappa shape index (κ2) is 7.18. The van der Waals surface area contributed by atoms with Crippen LogP contribution in [0.15, 0.2) is 47.8 Å². The lowest BCUT2D eigenvalue weighted by atomic mass is 10.2. The summed E-state index contributed by atoms with van der Waals surface area (Å²) in [6.45, 7) is 0. The van der Waals surface area contributed by atoms with Crippen LogP contribution < -0.4 is 15.2 Å². The number of hydrogen-bond donors (Lipinski definition) is 2. The third-order valence-corrected chi connectivity index (χ3v) is 5.42. The van der Waals surface area contributed by atoms with Crippen molar-refractivity contribution in [3.63, 3.8) is 0 Å². The predicted molar refractivity (Wildman–Crippen MR) is 102 cm³/mol. The number of nitrogen functional groups attached to an aromatic ring is 1. The molecule has 0 aliphatic rings. The maximum atomic E-state index is 14.0. The van der Waals surface area contributed by atoms with Crippen LogP contribution in [0.4, 0.5) is 20.3 Å². The number of nitrogens with zero attached hydrogens (tertiary/aromatic N) is 5. The molecule has 0 aliphatic carbocycles. The number of methoxy groups -OCH3 is 1. The van der Waals surface area contributed by atoms with Gasteiger partial charge in [0.05, 0.1) is 19.5 Å². The largest absolute Gasteiger partial charge is 0.480 e. The van der Waals surface area contributed by atoms with Crippen LogP contribution in [0.25, 0.3) is 17.0 Å². The van der Waals surface area contributed by atoms with Gasteiger partial charge in [-0.15, -0.1) is 0 Å². The molecule has 0 unspecified atom stereocenters. The Hall–Kier alpha value is -3.87. The molecular formula is C17H13F2N7O3S. The molecule has 3 N–H and O–H groups in total. The van der Waals surface area contributed by atoms with E-state index < -0.39 is 26.6 Å². The average Bonchev–Trinajstić information content (AvgIpc) is 3.07. The molecule has 0 atom stereocenters. The third kappa shape index (κ3) is 3.45. The first-order valence-corrected chi connectivity index (χ1v) is 9.75. The Morgan fingerprint density at radius 3 is 2.60 bits per heavy atom. The second-order valence-electron chi connectivity index (χ2n) is 6.00. The van der Waals surface area contributed by atoms with Gasteiger partial charge in [0.1, 0.15) is 33.7 Å². The van der Waals surface area contributed by atoms with Gasteiger partial charge in [0.15, 0.2) is 0 Å². The molecule has 0 bridgehead atoms. The molecule has 4 rings (SSSR count). The van der Waals surface area contributed by atoms with Crippen LogP contribution >= 0.6 is 0 Å². The Morgan fingerprint density at radius 2 is 1.87 bits per heavy atom. The third-order valence-electron chi connectivity index (χ3n) is 4.02. The normalized spacial score (nSPS) is 11.6. The predicted octanol–water partition coefficient (Wildman–Crippen LogP) is 1.86. The van der Waals surface area contributed by atoms with Gasteiger partial charge < -0.3 is 10.5 Å². The summed E-state index contributed by atoms with van der Waals surface area (Å²) >= 11 is 0. The summed E-state index contributed by atoms with van der Waals surface area (Å²) in [6, 6.07) is 3.51. The minimum absolute atomic E-state index is 0.0685. The molecule has 154 valence electrons. The molecule has 4 aromatic rings. The number of hydrogen-bond acceptors (Lipinski definition) is 8. The quantitative estimate of drug-likeness (QED) is 0.486. The zero-order valence-electron chi connectivity index (χ0n) is 15.2. The fraction of sp³-hybridized carbons (Fsp3) is 0.0588. The van der Waals surface area contributed by atoms with Crippen molar-refractivity contribution >= 4 is 27.3 Å². The summed E-state index contributed by atoms with van der Waals surface area (Å²) in [5.41, 5.74) is 6.38. The molecule has 13 heteroatoms. The van der Waals surface area contributed by atoms with Crippen molar-refractivity contribution in [1.82, 2.24) is 24.6 Å². The molecule has 0 saturated heterocycles. The Bertz CT molecular complexity index is 1380. The van der Waals surface area contributed by atoms with E-state index in [-0.39, 0.29) is 23.2 Å². The molecular weight excluding hydrogens is 420 g/mol. The molecule has 10 nitrogen and oxygen atoms in total. The lowest BCUT2D eigenvalue weighted by Gasteiger charge is -2.13. The fourth-order valence-electron chi connectivity index (χ4n) is 2.64. The molecule has 0 aliphatic heterocycles. The van der Waals surface area contributed by atoms with Gasteiger partial charge in [-0.25, -0.2) is 32.2 Å². The zero-order valence-corrected chi connectivity index (χ0v) is 16.1. The molecule has 0 spiro atoms. The number of anilines is 2. The summed E-state index contributed by atoms with van der Waals surface area (Å²) in [5, 5.41) is 4.29. The molecule has 3 heterocycles. The molecule has 0 amide bonds. The number of nitrogens with one attached hydrogen (secondary N) is 1. The van der Waals surface area contributed by atoms with Crippen LogP contribution in [-0.2, 0) is 10.0 Å². The van der Waals surface area contributed by atoms with E-state index in [1.54, 1.807) is 0 Å². The molecule has 30 heavy (non-hydrogen) atoms. The number of sulfonamides is 1. The topological polar surface area (TPSA) is 137 Å². The van der Waals surface area contributed by atoms with E-state index in [0.717, 1.165) is 12.1 Å². The molecule has 0 radical (unpaired) electrons. The lowest BCUT2D eigenvalue weighted by Crippen LogP contribution is -2.16. The van der Waals surface area contributed by atoms with Crippen molar-refractivity contribution in [2.45, 2.75) is 4.90 Å². The van der Waals surface area contributed by atoms with Crippen molar-refractivity contribution < 1.29 is 21.9 Å². The van der Waals surface area contributed by atoms with Crippen LogP contribution in [-0.4, -0.2) is 40.1 Å². The zero-order chi connectivity index (χ0) is 21.5. The molecule has 0 saturated carbocycles. The number of nitrogens with two attached hydrogens (primary N) is 1. The first-order chi connectivity index (χ1) is 14.3. The number of ether oxygens (including phenoxy) is 1. The monoisotopic (exact) mass is 433 g/mol. The van der Waals surface area contributed by atoms with E-state index in [1.165, 1.54) is 36.3 Å². The van der Waals surface area contributed by atoms with Gasteiger partial charge in [0.25, 0.3) is 15.8 Å². The van der Waals surface area contributed by atoms with Crippen LogP contribution in [0, 0.1) is 11.6 Å². The summed E-state index contributed by atoms with van der Waals surface area (Å²) < 4.78 is 60.9. The molecule has 1 aromatic carbocycles. The van der Waals surface area contributed by atoms with Crippen LogP contribution in [0.3, 0.4) is 0 Å². The number of pyridine rings is 1. The van der Waals surface area contributed by atoms with E-state index in [2.05, 4.69) is 24.8 Å². The summed E-state index contributed by atoms with van der Waals surface area (Å²) in [6.07, 6.45) is 4.18. The number of halogens is 2. The summed E-state index contributed by atoms with van der Waals surface area (Å²) in [4.78, 5) is 11.4. The Balaban J connectivity index is 1.76. The van der Waals surface area contributed by atoms with Gasteiger partial charge >= 0.3 is 0 Å². The minimum Gasteiger partial charge on any atom is -0.480 e. The van der Waals surface area contributed by atoms with Gasteiger partial charge in [0.2, 0.25) is 5.88 Å². The van der Waals surface area contributed by atoms with Crippen molar-refractivity contribution in [3.8, 4) is 17.1 Å².